The van der Waals surface area contributed by atoms with Crippen molar-refractivity contribution in [2.24, 2.45) is 5.92 Å². The van der Waals surface area contributed by atoms with Crippen molar-refractivity contribution in [2.45, 2.75) is 136 Å². The summed E-state index contributed by atoms with van der Waals surface area (Å²) in [6.07, 6.45) is 20.2. The number of carbonyl (C=O) groups excluding carboxylic acids is 2. The molecule has 0 N–H and O–H groups in total. The minimum Gasteiger partial charge on any atom is -0.550 e. The molecule has 0 fully saturated rings. The fourth-order valence-electron chi connectivity index (χ4n) is 4.43. The van der Waals surface area contributed by atoms with E-state index >= 15 is 0 Å². The Labute approximate surface area is 205 Å². The molecule has 0 amide bonds. The molecule has 0 bridgehead atoms. The summed E-state index contributed by atoms with van der Waals surface area (Å²) in [5.74, 6) is -0.569. The maximum Gasteiger partial charge on any atom is 0.306 e. The molecule has 0 saturated carbocycles. The molecular formula is C28H55NO4. The summed E-state index contributed by atoms with van der Waals surface area (Å²) in [5.41, 5.74) is 0. The predicted molar refractivity (Wildman–Crippen MR) is 136 cm³/mol. The van der Waals surface area contributed by atoms with Crippen molar-refractivity contribution in [3.8, 4) is 0 Å². The molecule has 33 heavy (non-hydrogen) atoms. The van der Waals surface area contributed by atoms with Gasteiger partial charge in [0.2, 0.25) is 0 Å². The molecule has 2 atom stereocenters. The number of carbonyl (C=O) groups is 2. The molecule has 0 aromatic carbocycles. The van der Waals surface area contributed by atoms with Crippen molar-refractivity contribution in [3.05, 3.63) is 0 Å². The number of rotatable bonds is 23. The van der Waals surface area contributed by atoms with Crippen LogP contribution in [-0.2, 0) is 14.3 Å². The smallest absolute Gasteiger partial charge is 0.306 e. The summed E-state index contributed by atoms with van der Waals surface area (Å²) >= 11 is 0. The van der Waals surface area contributed by atoms with Gasteiger partial charge in [-0.2, -0.15) is 0 Å². The molecule has 0 aromatic heterocycles. The zero-order valence-electron chi connectivity index (χ0n) is 22.7. The molecule has 0 saturated heterocycles. The highest BCUT2D eigenvalue weighted by Gasteiger charge is 2.22. The first-order valence-corrected chi connectivity index (χ1v) is 13.8. The van der Waals surface area contributed by atoms with E-state index in [0.29, 0.717) is 17.4 Å². The zero-order chi connectivity index (χ0) is 25.0. The van der Waals surface area contributed by atoms with Crippen LogP contribution in [-0.4, -0.2) is 50.2 Å². The minimum atomic E-state index is -1.17. The van der Waals surface area contributed by atoms with E-state index in [0.717, 1.165) is 25.2 Å². The average molecular weight is 470 g/mol. The van der Waals surface area contributed by atoms with E-state index in [9.17, 15) is 14.7 Å². The number of hydrogen-bond donors (Lipinski definition) is 0. The fourth-order valence-corrected chi connectivity index (χ4v) is 4.43. The minimum absolute atomic E-state index is 0.237. The van der Waals surface area contributed by atoms with Gasteiger partial charge in [0, 0.05) is 18.8 Å². The second kappa shape index (κ2) is 20.3. The molecule has 0 aromatic rings. The van der Waals surface area contributed by atoms with E-state index in [1.165, 1.54) is 83.5 Å². The monoisotopic (exact) mass is 469 g/mol. The number of ether oxygens (including phenoxy) is 1. The van der Waals surface area contributed by atoms with E-state index in [-0.39, 0.29) is 12.4 Å². The van der Waals surface area contributed by atoms with Gasteiger partial charge in [-0.3, -0.25) is 4.79 Å². The van der Waals surface area contributed by atoms with Gasteiger partial charge in [-0.1, -0.05) is 110 Å². The van der Waals surface area contributed by atoms with Gasteiger partial charge >= 0.3 is 5.97 Å². The maximum absolute atomic E-state index is 12.1. The zero-order valence-corrected chi connectivity index (χ0v) is 22.7. The van der Waals surface area contributed by atoms with Crippen LogP contribution >= 0.6 is 0 Å². The van der Waals surface area contributed by atoms with E-state index < -0.39 is 12.1 Å². The van der Waals surface area contributed by atoms with Crippen LogP contribution in [0.5, 0.6) is 0 Å². The molecule has 0 aliphatic carbocycles. The first-order valence-electron chi connectivity index (χ1n) is 13.8. The highest BCUT2D eigenvalue weighted by atomic mass is 16.5. The molecule has 0 spiro atoms. The summed E-state index contributed by atoms with van der Waals surface area (Å²) in [5, 5.41) is 10.9. The van der Waals surface area contributed by atoms with Gasteiger partial charge in [0.1, 0.15) is 6.54 Å². The molecule has 5 heteroatoms. The molecule has 5 nitrogen and oxygen atoms in total. The number of likely N-dealkylation sites (N-methyl/N-ethyl adjacent to an activating group) is 1. The summed E-state index contributed by atoms with van der Waals surface area (Å²) in [7, 11) is 5.85. The lowest BCUT2D eigenvalue weighted by Crippen LogP contribution is -2.45. The van der Waals surface area contributed by atoms with Gasteiger partial charge < -0.3 is 19.1 Å². The third-order valence-electron chi connectivity index (χ3n) is 6.32. The Morgan fingerprint density at radius 3 is 1.67 bits per heavy atom. The number of hydrogen-bond acceptors (Lipinski definition) is 4. The van der Waals surface area contributed by atoms with E-state index in [1.807, 2.05) is 21.1 Å². The van der Waals surface area contributed by atoms with E-state index in [4.69, 9.17) is 4.74 Å². The number of esters is 1. The molecule has 0 rings (SSSR count). The van der Waals surface area contributed by atoms with Crippen LogP contribution in [0.2, 0.25) is 0 Å². The molecule has 0 aliphatic heterocycles. The third kappa shape index (κ3) is 23.8. The van der Waals surface area contributed by atoms with E-state index in [2.05, 4.69) is 13.8 Å². The van der Waals surface area contributed by atoms with Crippen LogP contribution < -0.4 is 5.11 Å². The maximum atomic E-state index is 12.1. The highest BCUT2D eigenvalue weighted by molar-refractivity contribution is 5.70. The second-order valence-corrected chi connectivity index (χ2v) is 11.2. The van der Waals surface area contributed by atoms with Crippen LogP contribution in [0.3, 0.4) is 0 Å². The van der Waals surface area contributed by atoms with Crippen molar-refractivity contribution < 1.29 is 23.9 Å². The fraction of sp³-hybridized carbons (Fsp3) is 0.929. The molecule has 0 radical (unpaired) electrons. The van der Waals surface area contributed by atoms with Gasteiger partial charge in [-0.15, -0.1) is 0 Å². The summed E-state index contributed by atoms with van der Waals surface area (Å²) in [6.45, 7) is 5.16. The second-order valence-electron chi connectivity index (χ2n) is 11.2. The lowest BCUT2D eigenvalue weighted by atomic mass is 9.96. The van der Waals surface area contributed by atoms with Gasteiger partial charge in [-0.25, -0.2) is 0 Å². The summed E-state index contributed by atoms with van der Waals surface area (Å²) in [4.78, 5) is 23.0. The van der Waals surface area contributed by atoms with Crippen LogP contribution in [0.4, 0.5) is 0 Å². The van der Waals surface area contributed by atoms with Crippen LogP contribution in [0.15, 0.2) is 0 Å². The number of carboxylic acids is 1. The highest BCUT2D eigenvalue weighted by Crippen LogP contribution is 2.18. The average Bonchev–Trinajstić information content (AvgIpc) is 2.70. The van der Waals surface area contributed by atoms with Crippen molar-refractivity contribution >= 4 is 11.9 Å². The standard InChI is InChI=1S/C28H55NO4/c1-6-7-8-14-17-20-25(2)21-18-15-12-10-9-11-13-16-19-22-28(32)33-26(23-27(30)31)24-29(3,4)5/h25-26H,6-24H2,1-5H3. The number of unbranched alkanes of at least 4 members (excludes halogenated alkanes) is 12. The van der Waals surface area contributed by atoms with Crippen LogP contribution in [0.25, 0.3) is 0 Å². The van der Waals surface area contributed by atoms with Gasteiger partial charge in [0.15, 0.2) is 6.10 Å². The third-order valence-corrected chi connectivity index (χ3v) is 6.32. The SMILES string of the molecule is CCCCCCCC(C)CCCCCCCCCCCC(=O)OC(CC(=O)[O-])C[N+](C)(C)C. The van der Waals surface area contributed by atoms with Crippen LogP contribution in [0, 0.1) is 5.92 Å². The summed E-state index contributed by atoms with van der Waals surface area (Å²) in [6, 6.07) is 0. The lowest BCUT2D eigenvalue weighted by molar-refractivity contribution is -0.873. The molecule has 2 unspecified atom stereocenters. The van der Waals surface area contributed by atoms with E-state index in [1.54, 1.807) is 0 Å². The van der Waals surface area contributed by atoms with Gasteiger partial charge in [-0.05, 0) is 12.3 Å². The molecule has 196 valence electrons. The van der Waals surface area contributed by atoms with Crippen molar-refractivity contribution in [3.63, 3.8) is 0 Å². The van der Waals surface area contributed by atoms with Gasteiger partial charge in [0.05, 0.1) is 21.1 Å². The largest absolute Gasteiger partial charge is 0.550 e. The number of carboxylic acid groups (broad SMARTS) is 1. The first-order chi connectivity index (χ1) is 15.6. The Kier molecular flexibility index (Phi) is 19.6. The van der Waals surface area contributed by atoms with Crippen molar-refractivity contribution in [1.29, 1.82) is 0 Å². The number of aliphatic carboxylic acids is 1. The Morgan fingerprint density at radius 2 is 1.21 bits per heavy atom. The number of nitrogens with zero attached hydrogens (tertiary/aromatic N) is 1. The normalized spacial score (nSPS) is 13.6. The lowest BCUT2D eigenvalue weighted by Gasteiger charge is -2.29. The Balaban J connectivity index is 3.59. The Hall–Kier alpha value is -1.10. The summed E-state index contributed by atoms with van der Waals surface area (Å²) < 4.78 is 5.94. The van der Waals surface area contributed by atoms with Gasteiger partial charge in [0.25, 0.3) is 0 Å². The predicted octanol–water partition coefficient (Wildman–Crippen LogP) is 6.03. The number of quaternary nitrogens is 1. The van der Waals surface area contributed by atoms with Crippen molar-refractivity contribution in [2.75, 3.05) is 27.7 Å². The van der Waals surface area contributed by atoms with Crippen molar-refractivity contribution in [1.82, 2.24) is 0 Å². The first kappa shape index (κ1) is 31.9. The van der Waals surface area contributed by atoms with Crippen LogP contribution in [0.1, 0.15) is 129 Å². The quantitative estimate of drug-likeness (QED) is 0.104. The molecule has 0 heterocycles. The Bertz CT molecular complexity index is 487. The molecular weight excluding hydrogens is 414 g/mol. The topological polar surface area (TPSA) is 66.4 Å². The molecule has 0 aliphatic rings. The Morgan fingerprint density at radius 1 is 0.758 bits per heavy atom.